The van der Waals surface area contributed by atoms with Crippen molar-refractivity contribution in [1.29, 1.82) is 0 Å². The minimum absolute atomic E-state index is 0. The van der Waals surface area contributed by atoms with E-state index >= 15 is 0 Å². The Morgan fingerprint density at radius 3 is 2.69 bits per heavy atom. The van der Waals surface area contributed by atoms with Gasteiger partial charge >= 0.3 is 6.03 Å². The predicted molar refractivity (Wildman–Crippen MR) is 109 cm³/mol. The van der Waals surface area contributed by atoms with Gasteiger partial charge in [-0.25, -0.2) is 4.79 Å². The fraction of sp³-hybridized carbons (Fsp3) is 0.550. The second-order valence-corrected chi connectivity index (χ2v) is 8.11. The number of methoxy groups -OCH3 is 1. The zero-order chi connectivity index (χ0) is 20.1. The monoisotopic (exact) mass is 422 g/mol. The number of carbonyl (C=O) groups excluding carboxylic acids is 3. The third kappa shape index (κ3) is 3.44. The third-order valence-electron chi connectivity index (χ3n) is 6.48. The lowest BCUT2D eigenvalue weighted by molar-refractivity contribution is -0.138. The number of rotatable bonds is 4. The molecule has 0 bridgehead atoms. The number of hydrogen-bond donors (Lipinski definition) is 2. The maximum atomic E-state index is 13.1. The number of para-hydroxylation sites is 1. The van der Waals surface area contributed by atoms with Gasteiger partial charge in [0.25, 0.3) is 5.91 Å². The summed E-state index contributed by atoms with van der Waals surface area (Å²) in [5.41, 5.74) is 5.43. The van der Waals surface area contributed by atoms with E-state index in [-0.39, 0.29) is 30.9 Å². The van der Waals surface area contributed by atoms with Crippen LogP contribution in [0, 0.1) is 11.8 Å². The summed E-state index contributed by atoms with van der Waals surface area (Å²) in [6.07, 6.45) is 2.03. The molecule has 3 fully saturated rings. The van der Waals surface area contributed by atoms with Crippen molar-refractivity contribution in [3.63, 3.8) is 0 Å². The lowest BCUT2D eigenvalue weighted by Gasteiger charge is -2.25. The number of nitrogens with zero attached hydrogens (tertiary/aromatic N) is 2. The van der Waals surface area contributed by atoms with E-state index < -0.39 is 17.5 Å². The van der Waals surface area contributed by atoms with Crippen molar-refractivity contribution in [2.75, 3.05) is 26.7 Å². The first-order chi connectivity index (χ1) is 13.3. The van der Waals surface area contributed by atoms with Gasteiger partial charge in [-0.05, 0) is 37.7 Å². The van der Waals surface area contributed by atoms with Crippen molar-refractivity contribution < 1.29 is 19.1 Å². The molecule has 4 amide bonds. The van der Waals surface area contributed by atoms with Gasteiger partial charge in [-0.15, -0.1) is 12.4 Å². The molecule has 4 atom stereocenters. The van der Waals surface area contributed by atoms with Gasteiger partial charge in [-0.2, -0.15) is 0 Å². The van der Waals surface area contributed by atoms with E-state index in [1.807, 2.05) is 0 Å². The van der Waals surface area contributed by atoms with Gasteiger partial charge in [0.2, 0.25) is 5.91 Å². The highest BCUT2D eigenvalue weighted by atomic mass is 35.5. The number of halogens is 1. The van der Waals surface area contributed by atoms with Crippen molar-refractivity contribution in [1.82, 2.24) is 15.1 Å². The number of carbonyl (C=O) groups is 3. The molecule has 0 radical (unpaired) electrons. The van der Waals surface area contributed by atoms with Crippen LogP contribution in [0.4, 0.5) is 4.79 Å². The number of nitrogens with two attached hydrogens (primary N) is 1. The van der Waals surface area contributed by atoms with Crippen LogP contribution in [-0.4, -0.2) is 60.4 Å². The van der Waals surface area contributed by atoms with E-state index in [2.05, 4.69) is 5.32 Å². The van der Waals surface area contributed by atoms with Crippen molar-refractivity contribution in [3.8, 4) is 5.75 Å². The largest absolute Gasteiger partial charge is 0.496 e. The van der Waals surface area contributed by atoms with Crippen LogP contribution in [0.1, 0.15) is 25.3 Å². The maximum absolute atomic E-state index is 13.1. The van der Waals surface area contributed by atoms with Crippen LogP contribution in [0.5, 0.6) is 5.75 Å². The molecule has 158 valence electrons. The van der Waals surface area contributed by atoms with Crippen LogP contribution < -0.4 is 15.8 Å². The van der Waals surface area contributed by atoms with Crippen molar-refractivity contribution in [2.24, 2.45) is 17.6 Å². The number of likely N-dealkylation sites (tertiary alicyclic amines) is 1. The molecule has 3 aliphatic rings. The summed E-state index contributed by atoms with van der Waals surface area (Å²) in [5.74, 6) is 0.598. The van der Waals surface area contributed by atoms with E-state index in [9.17, 15) is 14.4 Å². The van der Waals surface area contributed by atoms with Crippen LogP contribution in [0.15, 0.2) is 24.3 Å². The molecule has 0 aromatic heterocycles. The molecule has 3 N–H and O–H groups in total. The molecule has 1 aromatic rings. The van der Waals surface area contributed by atoms with Crippen LogP contribution in [0.3, 0.4) is 0 Å². The molecule has 1 saturated carbocycles. The number of imide groups is 1. The summed E-state index contributed by atoms with van der Waals surface area (Å²) in [7, 11) is 1.51. The van der Waals surface area contributed by atoms with Crippen LogP contribution in [0.25, 0.3) is 0 Å². The van der Waals surface area contributed by atoms with Crippen molar-refractivity contribution in [2.45, 2.75) is 31.3 Å². The summed E-state index contributed by atoms with van der Waals surface area (Å²) in [6, 6.07) is 6.62. The van der Waals surface area contributed by atoms with Gasteiger partial charge < -0.3 is 20.7 Å². The Hall–Kier alpha value is -2.32. The smallest absolute Gasteiger partial charge is 0.325 e. The normalized spacial score (nSPS) is 30.8. The molecule has 2 saturated heterocycles. The van der Waals surface area contributed by atoms with Gasteiger partial charge in [0, 0.05) is 24.7 Å². The molecule has 2 aliphatic heterocycles. The van der Waals surface area contributed by atoms with Gasteiger partial charge in [-0.3, -0.25) is 14.5 Å². The second-order valence-electron chi connectivity index (χ2n) is 8.11. The highest BCUT2D eigenvalue weighted by Crippen LogP contribution is 2.38. The van der Waals surface area contributed by atoms with E-state index in [4.69, 9.17) is 10.5 Å². The van der Waals surface area contributed by atoms with Crippen LogP contribution in [-0.2, 0) is 15.1 Å². The fourth-order valence-corrected chi connectivity index (χ4v) is 4.83. The zero-order valence-corrected chi connectivity index (χ0v) is 17.4. The summed E-state index contributed by atoms with van der Waals surface area (Å²) in [5, 5.41) is 2.73. The average molecular weight is 423 g/mol. The molecule has 0 spiro atoms. The van der Waals surface area contributed by atoms with E-state index in [0.29, 0.717) is 36.2 Å². The SMILES string of the molecule is COc1ccccc1C1(C)NC(=O)N(CC(=O)N2CC3CCC(N)C3C2)C1=O.Cl. The molecular formula is C20H27ClN4O4. The summed E-state index contributed by atoms with van der Waals surface area (Å²) < 4.78 is 5.35. The van der Waals surface area contributed by atoms with Crippen LogP contribution in [0.2, 0.25) is 0 Å². The van der Waals surface area contributed by atoms with Crippen LogP contribution >= 0.6 is 12.4 Å². The summed E-state index contributed by atoms with van der Waals surface area (Å²) >= 11 is 0. The Balaban J connectivity index is 0.00000240. The minimum atomic E-state index is -1.27. The van der Waals surface area contributed by atoms with E-state index in [1.54, 1.807) is 36.1 Å². The molecule has 4 rings (SSSR count). The second kappa shape index (κ2) is 7.84. The maximum Gasteiger partial charge on any atom is 0.325 e. The Morgan fingerprint density at radius 2 is 2.00 bits per heavy atom. The topological polar surface area (TPSA) is 105 Å². The zero-order valence-electron chi connectivity index (χ0n) is 16.6. The Kier molecular flexibility index (Phi) is 5.78. The lowest BCUT2D eigenvalue weighted by atomic mass is 9.91. The molecular weight excluding hydrogens is 396 g/mol. The first-order valence-electron chi connectivity index (χ1n) is 9.66. The first kappa shape index (κ1) is 21.4. The quantitative estimate of drug-likeness (QED) is 0.706. The van der Waals surface area contributed by atoms with E-state index in [1.165, 1.54) is 7.11 Å². The molecule has 8 nitrogen and oxygen atoms in total. The number of urea groups is 1. The third-order valence-corrected chi connectivity index (χ3v) is 6.48. The first-order valence-corrected chi connectivity index (χ1v) is 9.66. The Morgan fingerprint density at radius 1 is 1.28 bits per heavy atom. The van der Waals surface area contributed by atoms with Crippen molar-refractivity contribution >= 4 is 30.3 Å². The standard InChI is InChI=1S/C20H26N4O4.ClH/c1-20(14-5-3-4-6-16(14)28-2)18(26)24(19(27)22-20)11-17(25)23-9-12-7-8-15(21)13(12)10-23;/h3-6,12-13,15H,7-11,21H2,1-2H3,(H,22,27);1H. The molecule has 2 heterocycles. The molecule has 1 aromatic carbocycles. The lowest BCUT2D eigenvalue weighted by Crippen LogP contribution is -2.44. The number of fused-ring (bicyclic) bond motifs is 1. The number of ether oxygens (including phenoxy) is 1. The highest BCUT2D eigenvalue weighted by molar-refractivity contribution is 6.09. The minimum Gasteiger partial charge on any atom is -0.496 e. The number of hydrogen-bond acceptors (Lipinski definition) is 5. The fourth-order valence-electron chi connectivity index (χ4n) is 4.83. The molecule has 9 heteroatoms. The number of amides is 4. The highest BCUT2D eigenvalue weighted by Gasteiger charge is 2.51. The van der Waals surface area contributed by atoms with Gasteiger partial charge in [0.1, 0.15) is 17.8 Å². The summed E-state index contributed by atoms with van der Waals surface area (Å²) in [6.45, 7) is 2.64. The van der Waals surface area contributed by atoms with Gasteiger partial charge in [0.15, 0.2) is 0 Å². The van der Waals surface area contributed by atoms with Gasteiger partial charge in [-0.1, -0.05) is 18.2 Å². The van der Waals surface area contributed by atoms with Crippen molar-refractivity contribution in [3.05, 3.63) is 29.8 Å². The number of benzene rings is 1. The summed E-state index contributed by atoms with van der Waals surface area (Å²) in [4.78, 5) is 41.2. The average Bonchev–Trinajstić information content (AvgIpc) is 3.32. The Bertz CT molecular complexity index is 834. The Labute approximate surface area is 176 Å². The molecule has 1 aliphatic carbocycles. The molecule has 4 unspecified atom stereocenters. The number of nitrogens with one attached hydrogen (secondary N) is 1. The van der Waals surface area contributed by atoms with E-state index in [0.717, 1.165) is 17.7 Å². The van der Waals surface area contributed by atoms with Gasteiger partial charge in [0.05, 0.1) is 7.11 Å². The molecule has 29 heavy (non-hydrogen) atoms. The predicted octanol–water partition coefficient (Wildman–Crippen LogP) is 1.08.